The first kappa shape index (κ1) is 15.6. The molecule has 0 amide bonds. The molecular weight excluding hydrogens is 302 g/mol. The summed E-state index contributed by atoms with van der Waals surface area (Å²) in [6, 6.07) is 20.0. The van der Waals surface area contributed by atoms with Gasteiger partial charge in [0.2, 0.25) is 0 Å². The van der Waals surface area contributed by atoms with Crippen LogP contribution < -0.4 is 0 Å². The van der Waals surface area contributed by atoms with Gasteiger partial charge in [-0.15, -0.1) is 0 Å². The van der Waals surface area contributed by atoms with Gasteiger partial charge in [-0.2, -0.15) is 0 Å². The molecule has 24 heavy (non-hydrogen) atoms. The SMILES string of the molecule is Oc1ccccc1/C=N/C(c1ccccc1O)c1ccccc1O. The van der Waals surface area contributed by atoms with Crippen molar-refractivity contribution in [3.8, 4) is 17.2 Å². The van der Waals surface area contributed by atoms with Crippen molar-refractivity contribution in [2.75, 3.05) is 0 Å². The van der Waals surface area contributed by atoms with Crippen molar-refractivity contribution < 1.29 is 15.3 Å². The van der Waals surface area contributed by atoms with Gasteiger partial charge in [0.05, 0.1) is 0 Å². The Morgan fingerprint density at radius 3 is 1.58 bits per heavy atom. The van der Waals surface area contributed by atoms with Gasteiger partial charge < -0.3 is 15.3 Å². The molecule has 0 spiro atoms. The summed E-state index contributed by atoms with van der Waals surface area (Å²) in [5, 5.41) is 30.2. The smallest absolute Gasteiger partial charge is 0.124 e. The van der Waals surface area contributed by atoms with E-state index in [9.17, 15) is 15.3 Å². The number of aromatic hydroxyl groups is 3. The Balaban J connectivity index is 2.08. The molecule has 0 aromatic heterocycles. The molecule has 0 unspecified atom stereocenters. The zero-order valence-corrected chi connectivity index (χ0v) is 12.9. The Morgan fingerprint density at radius 1 is 0.625 bits per heavy atom. The van der Waals surface area contributed by atoms with Crippen LogP contribution in [0.25, 0.3) is 0 Å². The van der Waals surface area contributed by atoms with Gasteiger partial charge in [-0.25, -0.2) is 0 Å². The molecule has 4 nitrogen and oxygen atoms in total. The van der Waals surface area contributed by atoms with E-state index >= 15 is 0 Å². The van der Waals surface area contributed by atoms with Crippen LogP contribution in [0.15, 0.2) is 77.8 Å². The van der Waals surface area contributed by atoms with Gasteiger partial charge >= 0.3 is 0 Å². The molecule has 0 fully saturated rings. The van der Waals surface area contributed by atoms with Crippen LogP contribution in [0.4, 0.5) is 0 Å². The average molecular weight is 319 g/mol. The highest BCUT2D eigenvalue weighted by molar-refractivity contribution is 5.83. The van der Waals surface area contributed by atoms with Crippen LogP contribution >= 0.6 is 0 Å². The maximum atomic E-state index is 10.2. The van der Waals surface area contributed by atoms with E-state index in [4.69, 9.17) is 0 Å². The number of nitrogens with zero attached hydrogens (tertiary/aromatic N) is 1. The maximum Gasteiger partial charge on any atom is 0.124 e. The first-order chi connectivity index (χ1) is 11.7. The molecule has 0 aliphatic carbocycles. The molecule has 0 aliphatic rings. The molecule has 3 aromatic rings. The highest BCUT2D eigenvalue weighted by Gasteiger charge is 2.19. The number of aliphatic imine (C=N–C) groups is 1. The van der Waals surface area contributed by atoms with Crippen LogP contribution in [0.2, 0.25) is 0 Å². The summed E-state index contributed by atoms with van der Waals surface area (Å²) < 4.78 is 0. The predicted molar refractivity (Wildman–Crippen MR) is 93.8 cm³/mol. The molecule has 0 atom stereocenters. The van der Waals surface area contributed by atoms with Crippen LogP contribution in [0.1, 0.15) is 22.7 Å². The zero-order chi connectivity index (χ0) is 16.9. The van der Waals surface area contributed by atoms with Gasteiger partial charge in [0.15, 0.2) is 0 Å². The van der Waals surface area contributed by atoms with Gasteiger partial charge in [-0.05, 0) is 24.3 Å². The molecule has 0 saturated carbocycles. The summed E-state index contributed by atoms with van der Waals surface area (Å²) in [5.74, 6) is 0.315. The number of hydrogen-bond acceptors (Lipinski definition) is 4. The van der Waals surface area contributed by atoms with Crippen molar-refractivity contribution in [1.82, 2.24) is 0 Å². The lowest BCUT2D eigenvalue weighted by Crippen LogP contribution is -2.00. The van der Waals surface area contributed by atoms with Crippen LogP contribution in [0.3, 0.4) is 0 Å². The van der Waals surface area contributed by atoms with E-state index in [0.717, 1.165) is 0 Å². The minimum Gasteiger partial charge on any atom is -0.508 e. The number of para-hydroxylation sites is 3. The topological polar surface area (TPSA) is 73.1 Å². The van der Waals surface area contributed by atoms with Crippen molar-refractivity contribution >= 4 is 6.21 Å². The molecule has 120 valence electrons. The number of phenolic OH excluding ortho intramolecular Hbond substituents is 3. The van der Waals surface area contributed by atoms with E-state index in [2.05, 4.69) is 4.99 Å². The summed E-state index contributed by atoms with van der Waals surface area (Å²) in [6.45, 7) is 0. The monoisotopic (exact) mass is 319 g/mol. The number of phenols is 3. The van der Waals surface area contributed by atoms with Gasteiger partial charge in [0.25, 0.3) is 0 Å². The van der Waals surface area contributed by atoms with Crippen molar-refractivity contribution in [3.63, 3.8) is 0 Å². The van der Waals surface area contributed by atoms with E-state index in [1.165, 1.54) is 0 Å². The van der Waals surface area contributed by atoms with E-state index in [0.29, 0.717) is 16.7 Å². The van der Waals surface area contributed by atoms with E-state index in [-0.39, 0.29) is 17.2 Å². The van der Waals surface area contributed by atoms with Crippen LogP contribution in [0.5, 0.6) is 17.2 Å². The Kier molecular flexibility index (Phi) is 4.47. The highest BCUT2D eigenvalue weighted by atomic mass is 16.3. The van der Waals surface area contributed by atoms with Crippen LogP contribution in [-0.4, -0.2) is 21.5 Å². The molecule has 3 aromatic carbocycles. The van der Waals surface area contributed by atoms with Crippen molar-refractivity contribution in [1.29, 1.82) is 0 Å². The van der Waals surface area contributed by atoms with Gasteiger partial charge in [0, 0.05) is 22.9 Å². The Labute approximate surface area is 140 Å². The molecule has 0 heterocycles. The second-order valence-corrected chi connectivity index (χ2v) is 5.36. The van der Waals surface area contributed by atoms with Crippen molar-refractivity contribution in [2.24, 2.45) is 4.99 Å². The largest absolute Gasteiger partial charge is 0.508 e. The molecule has 3 N–H and O–H groups in total. The molecule has 0 bridgehead atoms. The average Bonchev–Trinajstić information content (AvgIpc) is 2.59. The van der Waals surface area contributed by atoms with Gasteiger partial charge in [0.1, 0.15) is 23.3 Å². The fourth-order valence-corrected chi connectivity index (χ4v) is 2.52. The van der Waals surface area contributed by atoms with Crippen LogP contribution in [-0.2, 0) is 0 Å². The minimum atomic E-state index is -0.591. The Hall–Kier alpha value is -3.27. The lowest BCUT2D eigenvalue weighted by molar-refractivity contribution is 0.455. The summed E-state index contributed by atoms with van der Waals surface area (Å²) in [6.07, 6.45) is 1.54. The summed E-state index contributed by atoms with van der Waals surface area (Å²) in [7, 11) is 0. The second kappa shape index (κ2) is 6.87. The van der Waals surface area contributed by atoms with Gasteiger partial charge in [-0.3, -0.25) is 4.99 Å². The second-order valence-electron chi connectivity index (χ2n) is 5.36. The fourth-order valence-electron chi connectivity index (χ4n) is 2.52. The molecule has 3 rings (SSSR count). The standard InChI is InChI=1S/C20H17NO3/c22-17-10-4-1-7-14(17)13-21-20(15-8-2-5-11-18(15)23)16-9-3-6-12-19(16)24/h1-13,20,22-24H/b21-13+. The quantitative estimate of drug-likeness (QED) is 0.636. The molecule has 0 radical (unpaired) electrons. The molecule has 0 aliphatic heterocycles. The molecule has 4 heteroatoms. The summed E-state index contributed by atoms with van der Waals surface area (Å²) >= 11 is 0. The third-order valence-corrected chi connectivity index (χ3v) is 3.76. The van der Waals surface area contributed by atoms with E-state index in [1.54, 1.807) is 79.0 Å². The maximum absolute atomic E-state index is 10.2. The van der Waals surface area contributed by atoms with Crippen LogP contribution in [0, 0.1) is 0 Å². The lowest BCUT2D eigenvalue weighted by atomic mass is 9.97. The Bertz CT molecular complexity index is 829. The highest BCUT2D eigenvalue weighted by Crippen LogP contribution is 2.36. The fraction of sp³-hybridized carbons (Fsp3) is 0.0500. The third kappa shape index (κ3) is 3.22. The normalized spacial score (nSPS) is 11.2. The first-order valence-corrected chi connectivity index (χ1v) is 7.54. The molecule has 0 saturated heterocycles. The van der Waals surface area contributed by atoms with Crippen molar-refractivity contribution in [2.45, 2.75) is 6.04 Å². The number of hydrogen-bond donors (Lipinski definition) is 3. The lowest BCUT2D eigenvalue weighted by Gasteiger charge is -2.16. The Morgan fingerprint density at radius 2 is 1.08 bits per heavy atom. The van der Waals surface area contributed by atoms with Crippen molar-refractivity contribution in [3.05, 3.63) is 89.5 Å². The predicted octanol–water partition coefficient (Wildman–Crippen LogP) is 4.01. The zero-order valence-electron chi connectivity index (χ0n) is 12.9. The third-order valence-electron chi connectivity index (χ3n) is 3.76. The number of benzene rings is 3. The summed E-state index contributed by atoms with van der Waals surface area (Å²) in [4.78, 5) is 4.51. The van der Waals surface area contributed by atoms with E-state index in [1.807, 2.05) is 0 Å². The number of rotatable bonds is 4. The first-order valence-electron chi connectivity index (χ1n) is 7.54. The molecular formula is C20H17NO3. The van der Waals surface area contributed by atoms with E-state index < -0.39 is 6.04 Å². The van der Waals surface area contributed by atoms with Gasteiger partial charge in [-0.1, -0.05) is 48.5 Å². The summed E-state index contributed by atoms with van der Waals surface area (Å²) in [5.41, 5.74) is 1.71. The minimum absolute atomic E-state index is 0.0974.